The molecule has 0 saturated carbocycles. The van der Waals surface area contributed by atoms with E-state index in [-0.39, 0.29) is 23.7 Å². The molecule has 2 aliphatic rings. The van der Waals surface area contributed by atoms with Crippen LogP contribution in [0.25, 0.3) is 0 Å². The molecule has 0 aliphatic carbocycles. The lowest BCUT2D eigenvalue weighted by atomic mass is 9.96. The summed E-state index contributed by atoms with van der Waals surface area (Å²) in [7, 11) is 0. The van der Waals surface area contributed by atoms with E-state index in [9.17, 15) is 9.18 Å². The van der Waals surface area contributed by atoms with E-state index in [0.717, 1.165) is 19.3 Å². The average Bonchev–Trinajstić information content (AvgIpc) is 3.33. The number of hydrogen-bond acceptors (Lipinski definition) is 6. The smallest absolute Gasteiger partial charge is 0.253 e. The van der Waals surface area contributed by atoms with Crippen molar-refractivity contribution in [2.75, 3.05) is 13.1 Å². The molecule has 1 fully saturated rings. The summed E-state index contributed by atoms with van der Waals surface area (Å²) >= 11 is 0. The molecule has 1 aromatic heterocycles. The van der Waals surface area contributed by atoms with Crippen LogP contribution in [0.4, 0.5) is 4.39 Å². The second-order valence-corrected chi connectivity index (χ2v) is 6.32. The van der Waals surface area contributed by atoms with Crippen LogP contribution in [0.5, 0.6) is 0 Å². The third-order valence-electron chi connectivity index (χ3n) is 4.58. The molecule has 0 spiro atoms. The highest BCUT2D eigenvalue weighted by atomic mass is 19.1. The van der Waals surface area contributed by atoms with Crippen LogP contribution in [0.1, 0.15) is 53.3 Å². The van der Waals surface area contributed by atoms with Crippen LogP contribution in [0.3, 0.4) is 0 Å². The summed E-state index contributed by atoms with van der Waals surface area (Å²) in [5, 5.41) is 8.05. The molecule has 1 N–H and O–H groups in total. The number of rotatable bonds is 3. The molecule has 2 atom stereocenters. The summed E-state index contributed by atoms with van der Waals surface area (Å²) in [4.78, 5) is 18.9. The molecule has 4 rings (SSSR count). The quantitative estimate of drug-likeness (QED) is 0.924. The molecule has 7 nitrogen and oxygen atoms in total. The van der Waals surface area contributed by atoms with Crippen molar-refractivity contribution >= 4 is 12.1 Å². The second-order valence-electron chi connectivity index (χ2n) is 6.32. The Morgan fingerprint density at radius 2 is 2.16 bits per heavy atom. The lowest BCUT2D eigenvalue weighted by Crippen LogP contribution is -2.39. The molecule has 8 heteroatoms. The molecule has 2 aromatic rings. The molecule has 1 aromatic carbocycles. The summed E-state index contributed by atoms with van der Waals surface area (Å²) in [5.74, 6) is 0.740. The minimum absolute atomic E-state index is 0.0398. The van der Waals surface area contributed by atoms with Crippen LogP contribution in [0.2, 0.25) is 0 Å². The van der Waals surface area contributed by atoms with Gasteiger partial charge in [-0.1, -0.05) is 5.16 Å². The minimum atomic E-state index is -0.350. The number of carbonyl (C=O) groups excluding carboxylic acids is 1. The van der Waals surface area contributed by atoms with Crippen molar-refractivity contribution in [2.45, 2.75) is 31.2 Å². The molecular formula is C17H18FN5O2. The Morgan fingerprint density at radius 3 is 2.92 bits per heavy atom. The number of hydrogen-bond donors (Lipinski definition) is 1. The van der Waals surface area contributed by atoms with Crippen LogP contribution in [0.15, 0.2) is 33.9 Å². The summed E-state index contributed by atoms with van der Waals surface area (Å²) in [6, 6.07) is 5.56. The highest BCUT2D eigenvalue weighted by Gasteiger charge is 2.30. The molecule has 25 heavy (non-hydrogen) atoms. The Balaban J connectivity index is 1.45. The van der Waals surface area contributed by atoms with E-state index in [1.54, 1.807) is 11.1 Å². The molecule has 1 saturated heterocycles. The molecule has 3 heterocycles. The zero-order chi connectivity index (χ0) is 17.2. The van der Waals surface area contributed by atoms with Crippen LogP contribution in [-0.4, -0.2) is 40.3 Å². The fourth-order valence-electron chi connectivity index (χ4n) is 3.21. The second kappa shape index (κ2) is 6.62. The van der Waals surface area contributed by atoms with E-state index in [2.05, 4.69) is 20.7 Å². The first kappa shape index (κ1) is 15.7. The van der Waals surface area contributed by atoms with E-state index < -0.39 is 0 Å². The van der Waals surface area contributed by atoms with Crippen LogP contribution >= 0.6 is 0 Å². The van der Waals surface area contributed by atoms with Crippen LogP contribution in [-0.2, 0) is 0 Å². The van der Waals surface area contributed by atoms with Gasteiger partial charge < -0.3 is 9.42 Å². The van der Waals surface area contributed by atoms with Gasteiger partial charge in [0.15, 0.2) is 5.82 Å². The maximum atomic E-state index is 13.0. The van der Waals surface area contributed by atoms with E-state index in [4.69, 9.17) is 4.52 Å². The van der Waals surface area contributed by atoms with E-state index in [1.165, 1.54) is 24.3 Å². The zero-order valence-electron chi connectivity index (χ0n) is 13.6. The first-order valence-corrected chi connectivity index (χ1v) is 8.36. The number of nitrogens with one attached hydrogen (secondary N) is 1. The lowest BCUT2D eigenvalue weighted by Gasteiger charge is -2.31. The maximum absolute atomic E-state index is 13.0. The number of benzene rings is 1. The fraction of sp³-hybridized carbons (Fsp3) is 0.412. The summed E-state index contributed by atoms with van der Waals surface area (Å²) < 4.78 is 18.4. The van der Waals surface area contributed by atoms with Crippen LogP contribution in [0, 0.1) is 5.82 Å². The first-order valence-electron chi connectivity index (χ1n) is 8.36. The Morgan fingerprint density at radius 1 is 1.32 bits per heavy atom. The normalized spacial score (nSPS) is 22.8. The van der Waals surface area contributed by atoms with E-state index >= 15 is 0 Å². The van der Waals surface area contributed by atoms with Crippen molar-refractivity contribution in [3.63, 3.8) is 0 Å². The number of halogens is 1. The zero-order valence-corrected chi connectivity index (χ0v) is 13.6. The van der Waals surface area contributed by atoms with Gasteiger partial charge in [-0.2, -0.15) is 10.1 Å². The predicted molar refractivity (Wildman–Crippen MR) is 87.6 cm³/mol. The van der Waals surface area contributed by atoms with E-state index in [0.29, 0.717) is 30.4 Å². The highest BCUT2D eigenvalue weighted by Crippen LogP contribution is 2.27. The van der Waals surface area contributed by atoms with Gasteiger partial charge in [-0.25, -0.2) is 4.39 Å². The van der Waals surface area contributed by atoms with Crippen molar-refractivity contribution < 1.29 is 13.7 Å². The maximum Gasteiger partial charge on any atom is 0.253 e. The predicted octanol–water partition coefficient (Wildman–Crippen LogP) is 2.25. The molecule has 2 aliphatic heterocycles. The number of amides is 1. The Bertz CT molecular complexity index is 781. The van der Waals surface area contributed by atoms with Gasteiger partial charge in [0, 0.05) is 37.2 Å². The third kappa shape index (κ3) is 3.24. The molecule has 2 unspecified atom stereocenters. The largest absolute Gasteiger partial charge is 0.338 e. The number of carbonyl (C=O) groups is 1. The van der Waals surface area contributed by atoms with E-state index in [1.807, 2.05) is 0 Å². The number of piperidine rings is 1. The molecule has 130 valence electrons. The molecule has 0 radical (unpaired) electrons. The first-order chi connectivity index (χ1) is 12.2. The van der Waals surface area contributed by atoms with Gasteiger partial charge in [-0.15, -0.1) is 0 Å². The number of nitrogens with zero attached hydrogens (tertiary/aromatic N) is 4. The van der Waals surface area contributed by atoms with Gasteiger partial charge in [0.05, 0.1) is 0 Å². The summed E-state index contributed by atoms with van der Waals surface area (Å²) in [6.45, 7) is 1.21. The van der Waals surface area contributed by atoms with Gasteiger partial charge in [0.2, 0.25) is 0 Å². The number of likely N-dealkylation sites (tertiary alicyclic amines) is 1. The van der Waals surface area contributed by atoms with Gasteiger partial charge in [-0.05, 0) is 37.1 Å². The third-order valence-corrected chi connectivity index (χ3v) is 4.58. The van der Waals surface area contributed by atoms with Gasteiger partial charge in [0.25, 0.3) is 11.8 Å². The Labute approximate surface area is 143 Å². The highest BCUT2D eigenvalue weighted by molar-refractivity contribution is 5.94. The number of aromatic nitrogens is 2. The summed E-state index contributed by atoms with van der Waals surface area (Å²) in [5.41, 5.74) is 3.41. The van der Waals surface area contributed by atoms with Crippen LogP contribution < -0.4 is 5.43 Å². The van der Waals surface area contributed by atoms with Gasteiger partial charge >= 0.3 is 0 Å². The van der Waals surface area contributed by atoms with Crippen molar-refractivity contribution in [3.05, 3.63) is 47.4 Å². The lowest BCUT2D eigenvalue weighted by molar-refractivity contribution is 0.0703. The standard InChI is InChI=1S/C17H18FN5O2/c18-13-5-3-11(4-6-13)17(24)23-9-1-2-12(10-23)15-20-16(25-22-15)14-7-8-19-21-14/h3-6,8,12,14,21H,1-2,7,9-10H2. The Kier molecular flexibility index (Phi) is 4.17. The topological polar surface area (TPSA) is 83.6 Å². The van der Waals surface area contributed by atoms with Crippen molar-refractivity contribution in [2.24, 2.45) is 5.10 Å². The average molecular weight is 343 g/mol. The number of hydrazone groups is 1. The fourth-order valence-corrected chi connectivity index (χ4v) is 3.21. The van der Waals surface area contributed by atoms with Crippen molar-refractivity contribution in [1.29, 1.82) is 0 Å². The Hall–Kier alpha value is -2.77. The van der Waals surface area contributed by atoms with Gasteiger partial charge in [-0.3, -0.25) is 10.2 Å². The van der Waals surface area contributed by atoms with Gasteiger partial charge in [0.1, 0.15) is 11.9 Å². The van der Waals surface area contributed by atoms with Crippen molar-refractivity contribution in [1.82, 2.24) is 20.5 Å². The van der Waals surface area contributed by atoms with Crippen molar-refractivity contribution in [3.8, 4) is 0 Å². The molecule has 1 amide bonds. The summed E-state index contributed by atoms with van der Waals surface area (Å²) in [6.07, 6.45) is 4.27. The minimum Gasteiger partial charge on any atom is -0.338 e. The molecule has 0 bridgehead atoms. The SMILES string of the molecule is O=C(c1ccc(F)cc1)N1CCCC(c2noc(C3CC=NN3)n2)C1. The molecular weight excluding hydrogens is 325 g/mol. The monoisotopic (exact) mass is 343 g/mol.